The smallest absolute Gasteiger partial charge is 0.220 e. The molecule has 0 aliphatic carbocycles. The van der Waals surface area contributed by atoms with Gasteiger partial charge >= 0.3 is 0 Å². The highest BCUT2D eigenvalue weighted by Crippen LogP contribution is 2.11. The van der Waals surface area contributed by atoms with E-state index in [0.717, 1.165) is 19.3 Å². The van der Waals surface area contributed by atoms with Gasteiger partial charge in [-0.3, -0.25) is 4.79 Å². The molecule has 0 aliphatic rings. The third-order valence-corrected chi connectivity index (χ3v) is 3.93. The van der Waals surface area contributed by atoms with E-state index < -0.39 is 0 Å². The van der Waals surface area contributed by atoms with E-state index in [4.69, 9.17) is 5.73 Å². The van der Waals surface area contributed by atoms with Gasteiger partial charge in [0.2, 0.25) is 5.91 Å². The molecule has 1 aromatic rings. The van der Waals surface area contributed by atoms with Crippen LogP contribution in [0.15, 0.2) is 24.3 Å². The molecule has 1 rings (SSSR count). The first-order chi connectivity index (χ1) is 9.00. The Labute approximate surface area is 116 Å². The maximum absolute atomic E-state index is 11.8. The molecule has 3 nitrogen and oxygen atoms in total. The van der Waals surface area contributed by atoms with Gasteiger partial charge in [0, 0.05) is 18.5 Å². The highest BCUT2D eigenvalue weighted by Gasteiger charge is 2.20. The van der Waals surface area contributed by atoms with Crippen molar-refractivity contribution in [3.8, 4) is 0 Å². The summed E-state index contributed by atoms with van der Waals surface area (Å²) in [6.45, 7) is 6.75. The summed E-state index contributed by atoms with van der Waals surface area (Å²) < 4.78 is 0. The predicted octanol–water partition coefficient (Wildman–Crippen LogP) is 2.56. The zero-order valence-electron chi connectivity index (χ0n) is 12.3. The van der Waals surface area contributed by atoms with Crippen molar-refractivity contribution in [3.63, 3.8) is 0 Å². The number of rotatable bonds is 7. The lowest BCUT2D eigenvalue weighted by molar-refractivity contribution is -0.121. The standard InChI is InChI=1S/C16H26N2O/c1-4-16(17,5-2)12-18-15(19)11-10-14-9-7-6-8-13(14)3/h6-9H,4-5,10-12,17H2,1-3H3,(H,18,19). The molecule has 0 unspecified atom stereocenters. The van der Waals surface area contributed by atoms with Crippen LogP contribution in [0.4, 0.5) is 0 Å². The van der Waals surface area contributed by atoms with E-state index in [2.05, 4.69) is 38.2 Å². The first-order valence-corrected chi connectivity index (χ1v) is 7.11. The maximum atomic E-state index is 11.8. The molecule has 0 saturated heterocycles. The summed E-state index contributed by atoms with van der Waals surface area (Å²) >= 11 is 0. The van der Waals surface area contributed by atoms with Crippen LogP contribution in [0.1, 0.15) is 44.2 Å². The number of hydrogen-bond acceptors (Lipinski definition) is 2. The van der Waals surface area contributed by atoms with E-state index in [-0.39, 0.29) is 11.4 Å². The SMILES string of the molecule is CCC(N)(CC)CNC(=O)CCc1ccccc1C. The largest absolute Gasteiger partial charge is 0.354 e. The van der Waals surface area contributed by atoms with Crippen LogP contribution in [0.5, 0.6) is 0 Å². The van der Waals surface area contributed by atoms with Crippen LogP contribution in [0.3, 0.4) is 0 Å². The van der Waals surface area contributed by atoms with Crippen molar-refractivity contribution in [2.75, 3.05) is 6.54 Å². The quantitative estimate of drug-likeness (QED) is 0.793. The molecule has 0 saturated carbocycles. The number of nitrogens with two attached hydrogens (primary N) is 1. The Morgan fingerprint density at radius 3 is 2.47 bits per heavy atom. The minimum Gasteiger partial charge on any atom is -0.354 e. The average Bonchev–Trinajstić information content (AvgIpc) is 2.44. The van der Waals surface area contributed by atoms with E-state index in [1.165, 1.54) is 11.1 Å². The van der Waals surface area contributed by atoms with Crippen molar-refractivity contribution in [1.82, 2.24) is 5.32 Å². The molecule has 1 amide bonds. The lowest BCUT2D eigenvalue weighted by Crippen LogP contribution is -2.49. The Balaban J connectivity index is 2.39. The van der Waals surface area contributed by atoms with E-state index in [9.17, 15) is 4.79 Å². The number of hydrogen-bond donors (Lipinski definition) is 2. The third kappa shape index (κ3) is 5.03. The molecule has 0 spiro atoms. The van der Waals surface area contributed by atoms with Gasteiger partial charge in [-0.15, -0.1) is 0 Å². The average molecular weight is 262 g/mol. The van der Waals surface area contributed by atoms with Gasteiger partial charge in [0.05, 0.1) is 0 Å². The van der Waals surface area contributed by atoms with E-state index in [1.807, 2.05) is 12.1 Å². The van der Waals surface area contributed by atoms with Gasteiger partial charge in [0.15, 0.2) is 0 Å². The number of carbonyl (C=O) groups excluding carboxylic acids is 1. The van der Waals surface area contributed by atoms with Crippen molar-refractivity contribution in [3.05, 3.63) is 35.4 Å². The van der Waals surface area contributed by atoms with E-state index in [0.29, 0.717) is 13.0 Å². The number of amides is 1. The van der Waals surface area contributed by atoms with Crippen molar-refractivity contribution >= 4 is 5.91 Å². The van der Waals surface area contributed by atoms with Gasteiger partial charge in [-0.25, -0.2) is 0 Å². The Morgan fingerprint density at radius 2 is 1.89 bits per heavy atom. The van der Waals surface area contributed by atoms with Crippen LogP contribution in [-0.2, 0) is 11.2 Å². The number of nitrogens with one attached hydrogen (secondary N) is 1. The lowest BCUT2D eigenvalue weighted by atomic mass is 9.94. The van der Waals surface area contributed by atoms with E-state index >= 15 is 0 Å². The molecule has 0 radical (unpaired) electrons. The minimum atomic E-state index is -0.266. The van der Waals surface area contributed by atoms with Gasteiger partial charge < -0.3 is 11.1 Å². The van der Waals surface area contributed by atoms with Crippen LogP contribution < -0.4 is 11.1 Å². The normalized spacial score (nSPS) is 11.4. The summed E-state index contributed by atoms with van der Waals surface area (Å²) in [4.78, 5) is 11.8. The fourth-order valence-corrected chi connectivity index (χ4v) is 2.00. The monoisotopic (exact) mass is 262 g/mol. The molecular formula is C16H26N2O. The summed E-state index contributed by atoms with van der Waals surface area (Å²) in [7, 11) is 0. The van der Waals surface area contributed by atoms with Crippen molar-refractivity contribution < 1.29 is 4.79 Å². The molecule has 0 atom stereocenters. The molecular weight excluding hydrogens is 236 g/mol. The molecule has 1 aromatic carbocycles. The highest BCUT2D eigenvalue weighted by molar-refractivity contribution is 5.76. The second kappa shape index (κ2) is 7.29. The summed E-state index contributed by atoms with van der Waals surface area (Å²) in [5.74, 6) is 0.0833. The molecule has 3 heteroatoms. The van der Waals surface area contributed by atoms with Gasteiger partial charge in [0.25, 0.3) is 0 Å². The molecule has 3 N–H and O–H groups in total. The zero-order chi connectivity index (χ0) is 14.3. The topological polar surface area (TPSA) is 55.1 Å². The van der Waals surface area contributed by atoms with Crippen LogP contribution in [0.2, 0.25) is 0 Å². The van der Waals surface area contributed by atoms with Crippen LogP contribution >= 0.6 is 0 Å². The van der Waals surface area contributed by atoms with Crippen LogP contribution in [0.25, 0.3) is 0 Å². The summed E-state index contributed by atoms with van der Waals surface area (Å²) in [5, 5.41) is 2.95. The summed E-state index contributed by atoms with van der Waals surface area (Å²) in [6.07, 6.45) is 3.06. The van der Waals surface area contributed by atoms with Gasteiger partial charge in [-0.2, -0.15) is 0 Å². The van der Waals surface area contributed by atoms with Crippen molar-refractivity contribution in [1.29, 1.82) is 0 Å². The van der Waals surface area contributed by atoms with E-state index in [1.54, 1.807) is 0 Å². The second-order valence-corrected chi connectivity index (χ2v) is 5.27. The molecule has 0 fully saturated rings. The van der Waals surface area contributed by atoms with Crippen LogP contribution in [0, 0.1) is 6.92 Å². The molecule has 0 bridgehead atoms. The third-order valence-electron chi connectivity index (χ3n) is 3.93. The van der Waals surface area contributed by atoms with Crippen molar-refractivity contribution in [2.24, 2.45) is 5.73 Å². The first-order valence-electron chi connectivity index (χ1n) is 7.11. The zero-order valence-corrected chi connectivity index (χ0v) is 12.3. The first kappa shape index (κ1) is 15.7. The molecule has 0 aromatic heterocycles. The Hall–Kier alpha value is -1.35. The Morgan fingerprint density at radius 1 is 1.26 bits per heavy atom. The molecule has 0 heterocycles. The van der Waals surface area contributed by atoms with Gasteiger partial charge in [0.1, 0.15) is 0 Å². The molecule has 106 valence electrons. The number of aryl methyl sites for hydroxylation is 2. The lowest BCUT2D eigenvalue weighted by Gasteiger charge is -2.26. The molecule has 0 aliphatic heterocycles. The summed E-state index contributed by atoms with van der Waals surface area (Å²) in [5.41, 5.74) is 8.38. The Bertz CT molecular complexity index is 411. The van der Waals surface area contributed by atoms with Crippen LogP contribution in [-0.4, -0.2) is 18.0 Å². The summed E-state index contributed by atoms with van der Waals surface area (Å²) in [6, 6.07) is 8.18. The number of benzene rings is 1. The van der Waals surface area contributed by atoms with Gasteiger partial charge in [-0.05, 0) is 37.3 Å². The fraction of sp³-hybridized carbons (Fsp3) is 0.562. The van der Waals surface area contributed by atoms with Crippen molar-refractivity contribution in [2.45, 2.75) is 52.0 Å². The molecule has 19 heavy (non-hydrogen) atoms. The fourth-order valence-electron chi connectivity index (χ4n) is 2.00. The maximum Gasteiger partial charge on any atom is 0.220 e. The minimum absolute atomic E-state index is 0.0833. The van der Waals surface area contributed by atoms with Gasteiger partial charge in [-0.1, -0.05) is 38.1 Å². The second-order valence-electron chi connectivity index (χ2n) is 5.27. The predicted molar refractivity (Wildman–Crippen MR) is 80.0 cm³/mol. The Kier molecular flexibility index (Phi) is 6.03. The highest BCUT2D eigenvalue weighted by atomic mass is 16.1. The number of carbonyl (C=O) groups is 1.